The van der Waals surface area contributed by atoms with E-state index in [4.69, 9.17) is 9.47 Å². The Labute approximate surface area is 132 Å². The fraction of sp³-hybridized carbons (Fsp3) is 0.294. The summed E-state index contributed by atoms with van der Waals surface area (Å²) in [5.41, 5.74) is 2.31. The van der Waals surface area contributed by atoms with Gasteiger partial charge in [0.2, 0.25) is 0 Å². The Kier molecular flexibility index (Phi) is 4.15. The van der Waals surface area contributed by atoms with Crippen molar-refractivity contribution < 1.29 is 13.9 Å². The van der Waals surface area contributed by atoms with Gasteiger partial charge in [-0.1, -0.05) is 41.4 Å². The minimum Gasteiger partial charge on any atom is -0.485 e. The van der Waals surface area contributed by atoms with Gasteiger partial charge in [0.25, 0.3) is 0 Å². The predicted octanol–water partition coefficient (Wildman–Crippen LogP) is 5.05. The molecule has 1 unspecified atom stereocenters. The molecule has 0 radical (unpaired) electrons. The zero-order valence-corrected chi connectivity index (χ0v) is 13.3. The van der Waals surface area contributed by atoms with Crippen molar-refractivity contribution in [3.8, 4) is 11.5 Å². The molecule has 0 N–H and O–H groups in total. The lowest BCUT2D eigenvalue weighted by Gasteiger charge is -2.27. The molecule has 2 aromatic carbocycles. The normalized spacial score (nSPS) is 16.8. The second kappa shape index (κ2) is 6.06. The van der Waals surface area contributed by atoms with Crippen LogP contribution in [0.2, 0.25) is 0 Å². The van der Waals surface area contributed by atoms with Crippen LogP contribution in [0, 0.1) is 5.82 Å². The Balaban J connectivity index is 1.87. The van der Waals surface area contributed by atoms with Gasteiger partial charge in [-0.2, -0.15) is 0 Å². The van der Waals surface area contributed by atoms with Crippen molar-refractivity contribution in [1.82, 2.24) is 0 Å². The van der Waals surface area contributed by atoms with E-state index in [0.717, 1.165) is 22.9 Å². The Morgan fingerprint density at radius 1 is 1.19 bits per heavy atom. The van der Waals surface area contributed by atoms with E-state index >= 15 is 0 Å². The predicted molar refractivity (Wildman–Crippen MR) is 83.4 cm³/mol. The molecule has 0 amide bonds. The van der Waals surface area contributed by atoms with Crippen LogP contribution in [0.5, 0.6) is 11.5 Å². The van der Waals surface area contributed by atoms with Crippen molar-refractivity contribution in [3.63, 3.8) is 0 Å². The van der Waals surface area contributed by atoms with Gasteiger partial charge < -0.3 is 9.47 Å². The smallest absolute Gasteiger partial charge is 0.165 e. The lowest BCUT2D eigenvalue weighted by atomic mass is 10.0. The van der Waals surface area contributed by atoms with Crippen molar-refractivity contribution in [2.24, 2.45) is 0 Å². The summed E-state index contributed by atoms with van der Waals surface area (Å²) >= 11 is 3.57. The minimum absolute atomic E-state index is 0.206. The molecule has 0 bridgehead atoms. The lowest BCUT2D eigenvalue weighted by molar-refractivity contribution is 0.0906. The molecular weight excluding hydrogens is 335 g/mol. The van der Waals surface area contributed by atoms with Gasteiger partial charge in [0.05, 0.1) is 0 Å². The molecule has 110 valence electrons. The SMILES string of the molecule is CCCc1cc(C2COc3ccc(F)cc3O2)ccc1Br. The van der Waals surface area contributed by atoms with Crippen LogP contribution in [0.3, 0.4) is 0 Å². The maximum atomic E-state index is 13.3. The molecule has 1 aliphatic rings. The number of hydrogen-bond donors (Lipinski definition) is 0. The summed E-state index contributed by atoms with van der Waals surface area (Å²) in [5, 5.41) is 0. The molecule has 1 aliphatic heterocycles. The summed E-state index contributed by atoms with van der Waals surface area (Å²) < 4.78 is 26.0. The Morgan fingerprint density at radius 2 is 2.05 bits per heavy atom. The third kappa shape index (κ3) is 3.05. The Bertz CT molecular complexity index is 657. The summed E-state index contributed by atoms with van der Waals surface area (Å²) in [5.74, 6) is 0.741. The van der Waals surface area contributed by atoms with Crippen LogP contribution < -0.4 is 9.47 Å². The van der Waals surface area contributed by atoms with E-state index < -0.39 is 0 Å². The first-order chi connectivity index (χ1) is 10.2. The number of rotatable bonds is 3. The van der Waals surface area contributed by atoms with Gasteiger partial charge in [0, 0.05) is 10.5 Å². The fourth-order valence-corrected chi connectivity index (χ4v) is 2.91. The van der Waals surface area contributed by atoms with Crippen molar-refractivity contribution in [2.75, 3.05) is 6.61 Å². The first kappa shape index (κ1) is 14.4. The van der Waals surface area contributed by atoms with Crippen LogP contribution in [0.1, 0.15) is 30.6 Å². The monoisotopic (exact) mass is 350 g/mol. The third-order valence-corrected chi connectivity index (χ3v) is 4.30. The molecular formula is C17H16BrFO2. The quantitative estimate of drug-likeness (QED) is 0.770. The van der Waals surface area contributed by atoms with Crippen LogP contribution in [0.4, 0.5) is 4.39 Å². The molecule has 0 saturated carbocycles. The van der Waals surface area contributed by atoms with E-state index in [2.05, 4.69) is 28.9 Å². The third-order valence-electron chi connectivity index (χ3n) is 3.53. The number of hydrogen-bond acceptors (Lipinski definition) is 2. The van der Waals surface area contributed by atoms with Crippen molar-refractivity contribution in [3.05, 3.63) is 57.8 Å². The molecule has 0 spiro atoms. The van der Waals surface area contributed by atoms with E-state index in [1.807, 2.05) is 12.1 Å². The Hall–Kier alpha value is -1.55. The first-order valence-corrected chi connectivity index (χ1v) is 7.84. The van der Waals surface area contributed by atoms with Crippen LogP contribution in [-0.4, -0.2) is 6.61 Å². The molecule has 0 fully saturated rings. The second-order valence-electron chi connectivity index (χ2n) is 5.11. The Morgan fingerprint density at radius 3 is 2.86 bits per heavy atom. The molecule has 1 heterocycles. The van der Waals surface area contributed by atoms with Crippen molar-refractivity contribution >= 4 is 15.9 Å². The van der Waals surface area contributed by atoms with Crippen molar-refractivity contribution in [1.29, 1.82) is 0 Å². The highest BCUT2D eigenvalue weighted by Crippen LogP contribution is 2.37. The zero-order chi connectivity index (χ0) is 14.8. The molecule has 0 aliphatic carbocycles. The second-order valence-corrected chi connectivity index (χ2v) is 5.96. The highest BCUT2D eigenvalue weighted by atomic mass is 79.9. The largest absolute Gasteiger partial charge is 0.485 e. The van der Waals surface area contributed by atoms with Crippen LogP contribution in [-0.2, 0) is 6.42 Å². The summed E-state index contributed by atoms with van der Waals surface area (Å²) in [6.45, 7) is 2.59. The number of benzene rings is 2. The topological polar surface area (TPSA) is 18.5 Å². The minimum atomic E-state index is -0.319. The summed E-state index contributed by atoms with van der Waals surface area (Å²) in [7, 11) is 0. The standard InChI is InChI=1S/C17H16BrFO2/c1-2-3-11-8-12(4-6-14(11)18)17-10-20-15-7-5-13(19)9-16(15)21-17/h4-9,17H,2-3,10H2,1H3. The highest BCUT2D eigenvalue weighted by Gasteiger charge is 2.23. The maximum Gasteiger partial charge on any atom is 0.165 e. The summed E-state index contributed by atoms with van der Waals surface area (Å²) in [6.07, 6.45) is 1.88. The van der Waals surface area contributed by atoms with Gasteiger partial charge in [-0.25, -0.2) is 4.39 Å². The van der Waals surface area contributed by atoms with E-state index in [-0.39, 0.29) is 11.9 Å². The highest BCUT2D eigenvalue weighted by molar-refractivity contribution is 9.10. The molecule has 3 rings (SSSR count). The molecule has 1 atom stereocenters. The average Bonchev–Trinajstić information content (AvgIpc) is 2.49. The molecule has 21 heavy (non-hydrogen) atoms. The van der Waals surface area contributed by atoms with E-state index in [1.165, 1.54) is 17.7 Å². The van der Waals surface area contributed by atoms with Gasteiger partial charge in [0.1, 0.15) is 12.4 Å². The number of halogens is 2. The molecule has 2 aromatic rings. The lowest BCUT2D eigenvalue weighted by Crippen LogP contribution is -2.21. The van der Waals surface area contributed by atoms with Crippen molar-refractivity contribution in [2.45, 2.75) is 25.9 Å². The molecule has 2 nitrogen and oxygen atoms in total. The molecule has 0 aromatic heterocycles. The number of ether oxygens (including phenoxy) is 2. The van der Waals surface area contributed by atoms with E-state index in [0.29, 0.717) is 18.1 Å². The van der Waals surface area contributed by atoms with Crippen LogP contribution >= 0.6 is 15.9 Å². The van der Waals surface area contributed by atoms with Gasteiger partial charge in [-0.05, 0) is 35.7 Å². The van der Waals surface area contributed by atoms with E-state index in [1.54, 1.807) is 6.07 Å². The number of fused-ring (bicyclic) bond motifs is 1. The maximum absolute atomic E-state index is 13.3. The molecule has 4 heteroatoms. The van der Waals surface area contributed by atoms with Crippen LogP contribution in [0.15, 0.2) is 40.9 Å². The zero-order valence-electron chi connectivity index (χ0n) is 11.7. The van der Waals surface area contributed by atoms with Gasteiger partial charge >= 0.3 is 0 Å². The van der Waals surface area contributed by atoms with Gasteiger partial charge in [0.15, 0.2) is 17.6 Å². The fourth-order valence-electron chi connectivity index (χ4n) is 2.47. The van der Waals surface area contributed by atoms with Gasteiger partial charge in [-0.15, -0.1) is 0 Å². The van der Waals surface area contributed by atoms with E-state index in [9.17, 15) is 4.39 Å². The summed E-state index contributed by atoms with van der Waals surface area (Å²) in [4.78, 5) is 0. The van der Waals surface area contributed by atoms with Crippen LogP contribution in [0.25, 0.3) is 0 Å². The first-order valence-electron chi connectivity index (χ1n) is 7.04. The number of aryl methyl sites for hydroxylation is 1. The molecule has 0 saturated heterocycles. The average molecular weight is 351 g/mol. The van der Waals surface area contributed by atoms with Gasteiger partial charge in [-0.3, -0.25) is 0 Å². The summed E-state index contributed by atoms with van der Waals surface area (Å²) in [6, 6.07) is 10.5.